The number of hydrogen-bond acceptors (Lipinski definition) is 5. The van der Waals surface area contributed by atoms with E-state index in [0.717, 1.165) is 4.90 Å². The van der Waals surface area contributed by atoms with Gasteiger partial charge in [0.2, 0.25) is 5.91 Å². The highest BCUT2D eigenvalue weighted by atomic mass is 32.2. The molecule has 0 aliphatic rings. The van der Waals surface area contributed by atoms with Crippen molar-refractivity contribution in [1.29, 1.82) is 0 Å². The van der Waals surface area contributed by atoms with Crippen LogP contribution in [0.4, 0.5) is 11.4 Å². The number of hydrogen-bond donors (Lipinski definition) is 3. The van der Waals surface area contributed by atoms with Gasteiger partial charge in [0.1, 0.15) is 5.75 Å². The molecule has 0 spiro atoms. The van der Waals surface area contributed by atoms with Crippen molar-refractivity contribution in [3.8, 4) is 5.75 Å². The molecule has 3 rings (SSSR count). The summed E-state index contributed by atoms with van der Waals surface area (Å²) in [6.07, 6.45) is 0. The minimum Gasteiger partial charge on any atom is -0.497 e. The van der Waals surface area contributed by atoms with E-state index < -0.39 is 5.97 Å². The number of thioether (sulfide) groups is 1. The molecule has 8 heteroatoms. The van der Waals surface area contributed by atoms with Gasteiger partial charge in [-0.25, -0.2) is 4.79 Å². The van der Waals surface area contributed by atoms with Gasteiger partial charge in [-0.1, -0.05) is 0 Å². The Morgan fingerprint density at radius 2 is 1.34 bits per heavy atom. The van der Waals surface area contributed by atoms with Gasteiger partial charge in [0.15, 0.2) is 0 Å². The third-order valence-corrected chi connectivity index (χ3v) is 5.66. The zero-order valence-electron chi connectivity index (χ0n) is 17.5. The third-order valence-electron chi connectivity index (χ3n) is 4.55. The van der Waals surface area contributed by atoms with Crippen LogP contribution < -0.4 is 15.4 Å². The molecule has 2 amide bonds. The Balaban J connectivity index is 1.54. The van der Waals surface area contributed by atoms with Crippen molar-refractivity contribution in [2.24, 2.45) is 0 Å². The number of carbonyl (C=O) groups excluding carboxylic acids is 2. The van der Waals surface area contributed by atoms with E-state index in [2.05, 4.69) is 10.6 Å². The molecule has 32 heavy (non-hydrogen) atoms. The second-order valence-corrected chi connectivity index (χ2v) is 8.25. The van der Waals surface area contributed by atoms with E-state index in [-0.39, 0.29) is 22.6 Å². The van der Waals surface area contributed by atoms with E-state index in [1.54, 1.807) is 62.6 Å². The van der Waals surface area contributed by atoms with Crippen molar-refractivity contribution < 1.29 is 24.2 Å². The Kier molecular flexibility index (Phi) is 7.51. The molecule has 0 aromatic heterocycles. The summed E-state index contributed by atoms with van der Waals surface area (Å²) in [5.74, 6) is -0.765. The van der Waals surface area contributed by atoms with E-state index in [0.29, 0.717) is 22.7 Å². The summed E-state index contributed by atoms with van der Waals surface area (Å²) < 4.78 is 5.09. The quantitative estimate of drug-likeness (QED) is 0.427. The summed E-state index contributed by atoms with van der Waals surface area (Å²) in [7, 11) is 1.57. The number of nitrogens with one attached hydrogen (secondary N) is 2. The highest BCUT2D eigenvalue weighted by Crippen LogP contribution is 2.26. The van der Waals surface area contributed by atoms with Crippen LogP contribution in [-0.2, 0) is 4.79 Å². The average molecular weight is 451 g/mol. The van der Waals surface area contributed by atoms with Crippen LogP contribution >= 0.6 is 11.8 Å². The number of carboxylic acid groups (broad SMARTS) is 1. The fourth-order valence-electron chi connectivity index (χ4n) is 2.76. The van der Waals surface area contributed by atoms with Gasteiger partial charge in [-0.15, -0.1) is 11.8 Å². The minimum absolute atomic E-state index is 0.157. The van der Waals surface area contributed by atoms with E-state index >= 15 is 0 Å². The third kappa shape index (κ3) is 6.12. The second-order valence-electron chi connectivity index (χ2n) is 6.84. The number of carbonyl (C=O) groups is 3. The predicted molar refractivity (Wildman–Crippen MR) is 125 cm³/mol. The van der Waals surface area contributed by atoms with Gasteiger partial charge < -0.3 is 20.5 Å². The number of aromatic carboxylic acids is 1. The number of rotatable bonds is 8. The van der Waals surface area contributed by atoms with Crippen LogP contribution in [0.25, 0.3) is 0 Å². The van der Waals surface area contributed by atoms with Crippen molar-refractivity contribution in [3.63, 3.8) is 0 Å². The molecule has 0 saturated heterocycles. The Morgan fingerprint density at radius 1 is 0.812 bits per heavy atom. The first-order valence-corrected chi connectivity index (χ1v) is 10.6. The summed E-state index contributed by atoms with van der Waals surface area (Å²) >= 11 is 1.37. The smallest absolute Gasteiger partial charge is 0.335 e. The van der Waals surface area contributed by atoms with Crippen molar-refractivity contribution in [1.82, 2.24) is 0 Å². The van der Waals surface area contributed by atoms with Crippen LogP contribution in [0, 0.1) is 0 Å². The molecule has 0 heterocycles. The first-order chi connectivity index (χ1) is 15.4. The SMILES string of the molecule is COc1ccc(C(=O)Nc2ccc(SC(C)C(=O)Nc3ccc(C(=O)O)cc3)cc2)cc1. The zero-order chi connectivity index (χ0) is 23.1. The van der Waals surface area contributed by atoms with Gasteiger partial charge in [0, 0.05) is 21.8 Å². The lowest BCUT2D eigenvalue weighted by atomic mass is 10.2. The Hall–Kier alpha value is -3.78. The summed E-state index contributed by atoms with van der Waals surface area (Å²) in [6.45, 7) is 1.78. The number of amides is 2. The van der Waals surface area contributed by atoms with Crippen LogP contribution in [0.3, 0.4) is 0 Å². The summed E-state index contributed by atoms with van der Waals surface area (Å²) in [4.78, 5) is 36.6. The first kappa shape index (κ1) is 22.9. The molecule has 0 aliphatic heterocycles. The maximum absolute atomic E-state index is 12.4. The van der Waals surface area contributed by atoms with Crippen molar-refractivity contribution in [2.45, 2.75) is 17.1 Å². The van der Waals surface area contributed by atoms with Gasteiger partial charge >= 0.3 is 5.97 Å². The maximum Gasteiger partial charge on any atom is 0.335 e. The van der Waals surface area contributed by atoms with Crippen LogP contribution in [0.1, 0.15) is 27.6 Å². The Morgan fingerprint density at radius 3 is 1.91 bits per heavy atom. The fourth-order valence-corrected chi connectivity index (χ4v) is 3.63. The highest BCUT2D eigenvalue weighted by Gasteiger charge is 2.15. The molecule has 3 aromatic carbocycles. The largest absolute Gasteiger partial charge is 0.497 e. The van der Waals surface area contributed by atoms with Crippen molar-refractivity contribution in [2.75, 3.05) is 17.7 Å². The number of anilines is 2. The number of methoxy groups -OCH3 is 1. The monoisotopic (exact) mass is 450 g/mol. The summed E-state index contributed by atoms with van der Waals surface area (Å²) in [5.41, 5.74) is 1.85. The van der Waals surface area contributed by atoms with Crippen LogP contribution in [0.15, 0.2) is 77.7 Å². The maximum atomic E-state index is 12.4. The second kappa shape index (κ2) is 10.5. The van der Waals surface area contributed by atoms with Crippen LogP contribution in [-0.4, -0.2) is 35.2 Å². The lowest BCUT2D eigenvalue weighted by molar-refractivity contribution is -0.115. The topological polar surface area (TPSA) is 105 Å². The van der Waals surface area contributed by atoms with Gasteiger partial charge in [0.05, 0.1) is 17.9 Å². The standard InChI is InChI=1S/C24H22N2O5S/c1-15(22(27)25-18-7-3-17(4-8-18)24(29)30)32-21-13-9-19(10-14-21)26-23(28)16-5-11-20(31-2)12-6-16/h3-15H,1-2H3,(H,25,27)(H,26,28)(H,29,30). The average Bonchev–Trinajstić information content (AvgIpc) is 2.80. The number of ether oxygens (including phenoxy) is 1. The normalized spacial score (nSPS) is 11.3. The number of carboxylic acids is 1. The Labute approximate surface area is 189 Å². The molecule has 0 bridgehead atoms. The first-order valence-electron chi connectivity index (χ1n) is 9.72. The van der Waals surface area contributed by atoms with Gasteiger partial charge in [-0.05, 0) is 79.7 Å². The minimum atomic E-state index is -1.02. The van der Waals surface area contributed by atoms with E-state index in [1.165, 1.54) is 23.9 Å². The molecule has 7 nitrogen and oxygen atoms in total. The zero-order valence-corrected chi connectivity index (χ0v) is 18.3. The van der Waals surface area contributed by atoms with Gasteiger partial charge in [0.25, 0.3) is 5.91 Å². The predicted octanol–water partition coefficient (Wildman–Crippen LogP) is 4.77. The van der Waals surface area contributed by atoms with E-state index in [4.69, 9.17) is 9.84 Å². The van der Waals surface area contributed by atoms with Crippen molar-refractivity contribution in [3.05, 3.63) is 83.9 Å². The molecule has 164 valence electrons. The highest BCUT2D eigenvalue weighted by molar-refractivity contribution is 8.00. The number of benzene rings is 3. The lowest BCUT2D eigenvalue weighted by Crippen LogP contribution is -2.22. The molecular weight excluding hydrogens is 428 g/mol. The molecule has 0 saturated carbocycles. The molecule has 0 radical (unpaired) electrons. The molecule has 0 aliphatic carbocycles. The Bertz CT molecular complexity index is 1100. The summed E-state index contributed by atoms with van der Waals surface area (Å²) in [6, 6.07) is 20.0. The molecule has 0 fully saturated rings. The molecule has 1 atom stereocenters. The summed E-state index contributed by atoms with van der Waals surface area (Å²) in [5, 5.41) is 14.2. The van der Waals surface area contributed by atoms with E-state index in [9.17, 15) is 14.4 Å². The lowest BCUT2D eigenvalue weighted by Gasteiger charge is -2.13. The molecular formula is C24H22N2O5S. The molecule has 3 N–H and O–H groups in total. The van der Waals surface area contributed by atoms with Crippen LogP contribution in [0.5, 0.6) is 5.75 Å². The molecule has 3 aromatic rings. The fraction of sp³-hybridized carbons (Fsp3) is 0.125. The van der Waals surface area contributed by atoms with Crippen LogP contribution in [0.2, 0.25) is 0 Å². The van der Waals surface area contributed by atoms with Crippen molar-refractivity contribution >= 4 is 40.9 Å². The van der Waals surface area contributed by atoms with Gasteiger partial charge in [-0.2, -0.15) is 0 Å². The molecule has 1 unspecified atom stereocenters. The van der Waals surface area contributed by atoms with E-state index in [1.807, 2.05) is 12.1 Å². The van der Waals surface area contributed by atoms with Gasteiger partial charge in [-0.3, -0.25) is 9.59 Å².